The number of aliphatic hydroxyl groups is 1. The standard InChI is InChI=1S/C36H53N5O7S/c1-23-30(49-22-38-23)26-10-8-25(9-11-26)19-37-32(44)28-18-27(42)20-41(28)33(45)31(35(2,3)4)39-29(43)21-47-17-14-24-12-15-40(16-13-24)34(46)48-36(5,6)7/h8-11,22,24,27-28,31,42H,12-21H2,1-7H3,(H,37,44)(H,39,43)/t27-,28+,31-/m1/s1. The van der Waals surface area contributed by atoms with E-state index in [1.807, 2.05) is 78.2 Å². The highest BCUT2D eigenvalue weighted by Gasteiger charge is 2.44. The number of β-amino-alcohol motifs (C(OH)–C–C–N with tert-alkyl or cyclic N) is 1. The Kier molecular flexibility index (Phi) is 12.8. The average molecular weight is 700 g/mol. The van der Waals surface area contributed by atoms with Gasteiger partial charge in [-0.1, -0.05) is 45.0 Å². The highest BCUT2D eigenvalue weighted by Crippen LogP contribution is 2.28. The van der Waals surface area contributed by atoms with Crippen molar-refractivity contribution in [3.8, 4) is 10.4 Å². The number of hydrogen-bond donors (Lipinski definition) is 3. The second-order valence-corrected chi connectivity index (χ2v) is 16.1. The Bertz CT molecular complexity index is 1440. The number of hydrogen-bond acceptors (Lipinski definition) is 9. The molecule has 0 unspecified atom stereocenters. The minimum absolute atomic E-state index is 0.00547. The molecule has 12 nitrogen and oxygen atoms in total. The summed E-state index contributed by atoms with van der Waals surface area (Å²) < 4.78 is 11.2. The summed E-state index contributed by atoms with van der Waals surface area (Å²) in [7, 11) is 0. The van der Waals surface area contributed by atoms with Gasteiger partial charge < -0.3 is 35.0 Å². The molecule has 13 heteroatoms. The molecule has 0 radical (unpaired) electrons. The maximum atomic E-state index is 13.9. The van der Waals surface area contributed by atoms with Crippen LogP contribution in [0.15, 0.2) is 29.8 Å². The van der Waals surface area contributed by atoms with Gasteiger partial charge in [0.1, 0.15) is 24.3 Å². The van der Waals surface area contributed by atoms with E-state index < -0.39 is 41.0 Å². The van der Waals surface area contributed by atoms with E-state index in [0.717, 1.165) is 41.0 Å². The van der Waals surface area contributed by atoms with E-state index in [1.165, 1.54) is 4.90 Å². The van der Waals surface area contributed by atoms with E-state index in [9.17, 15) is 24.3 Å². The van der Waals surface area contributed by atoms with Crippen molar-refractivity contribution in [1.82, 2.24) is 25.4 Å². The SMILES string of the molecule is Cc1ncsc1-c1ccc(CNC(=O)[C@@H]2C[C@@H](O)CN2C(=O)[C@@H](NC(=O)COCCC2CCN(C(=O)OC(C)(C)C)CC2)C(C)(C)C)cc1. The van der Waals surface area contributed by atoms with Gasteiger partial charge >= 0.3 is 6.09 Å². The quantitative estimate of drug-likeness (QED) is 0.294. The minimum atomic E-state index is -0.927. The number of piperidine rings is 1. The van der Waals surface area contributed by atoms with Crippen LogP contribution in [0, 0.1) is 18.3 Å². The van der Waals surface area contributed by atoms with Crippen molar-refractivity contribution in [3.05, 3.63) is 41.0 Å². The molecule has 270 valence electrons. The number of rotatable bonds is 11. The molecule has 3 heterocycles. The van der Waals surface area contributed by atoms with Crippen LogP contribution in [0.25, 0.3) is 10.4 Å². The third kappa shape index (κ3) is 11.0. The van der Waals surface area contributed by atoms with Gasteiger partial charge in [0.05, 0.1) is 22.2 Å². The number of aliphatic hydroxyl groups excluding tert-OH is 1. The molecular weight excluding hydrogens is 646 g/mol. The maximum Gasteiger partial charge on any atom is 0.410 e. The number of thiazole rings is 1. The predicted octanol–water partition coefficient (Wildman–Crippen LogP) is 4.28. The van der Waals surface area contributed by atoms with E-state index in [0.29, 0.717) is 25.6 Å². The molecule has 0 saturated carbocycles. The lowest BCUT2D eigenvalue weighted by Crippen LogP contribution is -2.58. The van der Waals surface area contributed by atoms with E-state index in [4.69, 9.17) is 9.47 Å². The second-order valence-electron chi connectivity index (χ2n) is 15.2. The van der Waals surface area contributed by atoms with Crippen LogP contribution in [0.2, 0.25) is 0 Å². The lowest BCUT2D eigenvalue weighted by atomic mass is 9.85. The summed E-state index contributed by atoms with van der Waals surface area (Å²) in [4.78, 5) is 61.0. The molecule has 2 fully saturated rings. The summed E-state index contributed by atoms with van der Waals surface area (Å²) in [5.74, 6) is -0.821. The first-order valence-electron chi connectivity index (χ1n) is 17.1. The van der Waals surface area contributed by atoms with Gasteiger partial charge in [-0.15, -0.1) is 11.3 Å². The van der Waals surface area contributed by atoms with Crippen LogP contribution >= 0.6 is 11.3 Å². The Morgan fingerprint density at radius 1 is 1.06 bits per heavy atom. The molecule has 49 heavy (non-hydrogen) atoms. The van der Waals surface area contributed by atoms with Crippen LogP contribution in [0.4, 0.5) is 4.79 Å². The van der Waals surface area contributed by atoms with E-state index in [1.54, 1.807) is 16.2 Å². The molecule has 4 rings (SSSR count). The number of nitrogens with zero attached hydrogens (tertiary/aromatic N) is 3. The summed E-state index contributed by atoms with van der Waals surface area (Å²) in [6.45, 7) is 14.8. The highest BCUT2D eigenvalue weighted by molar-refractivity contribution is 7.13. The number of aryl methyl sites for hydroxylation is 1. The zero-order valence-electron chi connectivity index (χ0n) is 29.9. The lowest BCUT2D eigenvalue weighted by molar-refractivity contribution is -0.144. The van der Waals surface area contributed by atoms with Crippen molar-refractivity contribution in [2.45, 2.75) is 104 Å². The lowest BCUT2D eigenvalue weighted by Gasteiger charge is -2.35. The van der Waals surface area contributed by atoms with Crippen LogP contribution in [-0.4, -0.2) is 100 Å². The molecular formula is C36H53N5O7S. The van der Waals surface area contributed by atoms with Gasteiger partial charge in [0.25, 0.3) is 0 Å². The second kappa shape index (κ2) is 16.4. The number of benzene rings is 1. The monoisotopic (exact) mass is 699 g/mol. The van der Waals surface area contributed by atoms with Crippen LogP contribution in [0.1, 0.15) is 78.5 Å². The number of likely N-dealkylation sites (tertiary alicyclic amines) is 2. The first-order valence-corrected chi connectivity index (χ1v) is 18.0. The number of nitrogens with one attached hydrogen (secondary N) is 2. The molecule has 1 aromatic carbocycles. The van der Waals surface area contributed by atoms with E-state index >= 15 is 0 Å². The largest absolute Gasteiger partial charge is 0.444 e. The summed E-state index contributed by atoms with van der Waals surface area (Å²) in [6, 6.07) is 6.10. The Morgan fingerprint density at radius 2 is 1.73 bits per heavy atom. The van der Waals surface area contributed by atoms with Crippen molar-refractivity contribution >= 4 is 35.2 Å². The normalized spacial score (nSPS) is 19.4. The Balaban J connectivity index is 1.24. The zero-order valence-corrected chi connectivity index (χ0v) is 30.7. The van der Waals surface area contributed by atoms with Gasteiger partial charge in [0, 0.05) is 39.2 Å². The Morgan fingerprint density at radius 3 is 2.33 bits per heavy atom. The van der Waals surface area contributed by atoms with Crippen LogP contribution in [0.5, 0.6) is 0 Å². The third-order valence-electron chi connectivity index (χ3n) is 8.88. The zero-order chi connectivity index (χ0) is 35.9. The molecule has 2 aliphatic heterocycles. The number of carbonyl (C=O) groups excluding carboxylic acids is 4. The van der Waals surface area contributed by atoms with Gasteiger partial charge in [-0.3, -0.25) is 14.4 Å². The molecule has 1 aromatic heterocycles. The van der Waals surface area contributed by atoms with Crippen molar-refractivity contribution < 1.29 is 33.8 Å². The molecule has 4 amide bonds. The number of amides is 4. The van der Waals surface area contributed by atoms with Crippen molar-refractivity contribution in [2.24, 2.45) is 11.3 Å². The first kappa shape index (κ1) is 38.3. The fourth-order valence-electron chi connectivity index (χ4n) is 6.13. The minimum Gasteiger partial charge on any atom is -0.444 e. The number of aromatic nitrogens is 1. The van der Waals surface area contributed by atoms with Crippen molar-refractivity contribution in [3.63, 3.8) is 0 Å². The summed E-state index contributed by atoms with van der Waals surface area (Å²) in [5.41, 5.74) is 3.56. The Labute approximate surface area is 293 Å². The summed E-state index contributed by atoms with van der Waals surface area (Å²) in [5, 5.41) is 16.2. The van der Waals surface area contributed by atoms with Crippen LogP contribution < -0.4 is 10.6 Å². The fourth-order valence-corrected chi connectivity index (χ4v) is 6.94. The molecule has 3 N–H and O–H groups in total. The number of carbonyl (C=O) groups is 4. The highest BCUT2D eigenvalue weighted by atomic mass is 32.1. The van der Waals surface area contributed by atoms with Gasteiger partial charge in [0.2, 0.25) is 17.7 Å². The fraction of sp³-hybridized carbons (Fsp3) is 0.639. The van der Waals surface area contributed by atoms with Gasteiger partial charge in [0.15, 0.2) is 0 Å². The summed E-state index contributed by atoms with van der Waals surface area (Å²) in [6.07, 6.45) is 1.41. The van der Waals surface area contributed by atoms with Crippen LogP contribution in [-0.2, 0) is 30.4 Å². The predicted molar refractivity (Wildman–Crippen MR) is 188 cm³/mol. The smallest absolute Gasteiger partial charge is 0.410 e. The molecule has 0 aliphatic carbocycles. The molecule has 2 aliphatic rings. The van der Waals surface area contributed by atoms with E-state index in [-0.39, 0.29) is 38.1 Å². The molecule has 2 aromatic rings. The van der Waals surface area contributed by atoms with Crippen molar-refractivity contribution in [2.75, 3.05) is 32.8 Å². The topological polar surface area (TPSA) is 150 Å². The van der Waals surface area contributed by atoms with Gasteiger partial charge in [-0.05, 0) is 69.4 Å². The molecule has 3 atom stereocenters. The Hall–Kier alpha value is -3.55. The average Bonchev–Trinajstić information content (AvgIpc) is 3.65. The third-order valence-corrected chi connectivity index (χ3v) is 9.86. The first-order chi connectivity index (χ1) is 23.0. The maximum absolute atomic E-state index is 13.9. The molecule has 2 saturated heterocycles. The number of ether oxygens (including phenoxy) is 2. The van der Waals surface area contributed by atoms with E-state index in [2.05, 4.69) is 15.6 Å². The van der Waals surface area contributed by atoms with Crippen molar-refractivity contribution in [1.29, 1.82) is 0 Å². The summed E-state index contributed by atoms with van der Waals surface area (Å²) >= 11 is 1.58. The van der Waals surface area contributed by atoms with Crippen LogP contribution in [0.3, 0.4) is 0 Å². The molecule has 0 spiro atoms. The van der Waals surface area contributed by atoms with Gasteiger partial charge in [-0.2, -0.15) is 0 Å². The van der Waals surface area contributed by atoms with Gasteiger partial charge in [-0.25, -0.2) is 9.78 Å². The molecule has 0 bridgehead atoms.